The van der Waals surface area contributed by atoms with E-state index in [4.69, 9.17) is 14.2 Å². The van der Waals surface area contributed by atoms with E-state index in [9.17, 15) is 4.79 Å². The summed E-state index contributed by atoms with van der Waals surface area (Å²) in [5, 5.41) is 0. The topological polar surface area (TPSA) is 44.8 Å². The van der Waals surface area contributed by atoms with Gasteiger partial charge in [-0.15, -0.1) is 0 Å². The Morgan fingerprint density at radius 1 is 1.07 bits per heavy atom. The molecule has 0 aromatic heterocycles. The van der Waals surface area contributed by atoms with Gasteiger partial charge in [-0.3, -0.25) is 4.79 Å². The first-order valence-corrected chi connectivity index (χ1v) is 5.48. The molecule has 0 saturated heterocycles. The predicted octanol–water partition coefficient (Wildman–Crippen LogP) is 1.63. The fourth-order valence-electron chi connectivity index (χ4n) is 0.855. The zero-order valence-corrected chi connectivity index (χ0v) is 9.95. The Morgan fingerprint density at radius 3 is 2.27 bits per heavy atom. The molecule has 15 heavy (non-hydrogen) atoms. The number of hydrogen-bond donors (Lipinski definition) is 0. The number of carbonyl (C=O) groups excluding carboxylic acids is 1. The highest BCUT2D eigenvalue weighted by Gasteiger charge is 1.97. The molecular weight excluding hydrogens is 196 g/mol. The fourth-order valence-corrected chi connectivity index (χ4v) is 0.855. The lowest BCUT2D eigenvalue weighted by atomic mass is 10.2. The number of rotatable bonds is 9. The van der Waals surface area contributed by atoms with Gasteiger partial charge in [-0.1, -0.05) is 20.8 Å². The lowest BCUT2D eigenvalue weighted by molar-refractivity contribution is -0.144. The van der Waals surface area contributed by atoms with Crippen LogP contribution < -0.4 is 0 Å². The summed E-state index contributed by atoms with van der Waals surface area (Å²) in [7, 11) is 0. The van der Waals surface area contributed by atoms with Crippen LogP contribution in [0.25, 0.3) is 0 Å². The van der Waals surface area contributed by atoms with Crippen LogP contribution in [-0.2, 0) is 19.0 Å². The van der Waals surface area contributed by atoms with E-state index in [1.165, 1.54) is 0 Å². The van der Waals surface area contributed by atoms with Crippen LogP contribution in [0.1, 0.15) is 27.2 Å². The van der Waals surface area contributed by atoms with Gasteiger partial charge in [0.25, 0.3) is 0 Å². The molecule has 0 amide bonds. The molecule has 0 atom stereocenters. The molecule has 0 aromatic carbocycles. The highest BCUT2D eigenvalue weighted by molar-refractivity contribution is 5.68. The Balaban J connectivity index is 3.02. The van der Waals surface area contributed by atoms with E-state index in [1.807, 2.05) is 0 Å². The SMILES string of the molecule is CCC(=O)OCCOCCOCC(C)C. The maximum Gasteiger partial charge on any atom is 0.305 e. The van der Waals surface area contributed by atoms with Gasteiger partial charge in [0.05, 0.1) is 19.8 Å². The number of carbonyl (C=O) groups is 1. The molecule has 0 unspecified atom stereocenters. The molecule has 4 heteroatoms. The van der Waals surface area contributed by atoms with Gasteiger partial charge in [-0.25, -0.2) is 0 Å². The van der Waals surface area contributed by atoms with Crippen molar-refractivity contribution >= 4 is 5.97 Å². The van der Waals surface area contributed by atoms with E-state index in [0.29, 0.717) is 38.8 Å². The molecule has 0 aliphatic carbocycles. The van der Waals surface area contributed by atoms with Gasteiger partial charge in [-0.05, 0) is 5.92 Å². The van der Waals surface area contributed by atoms with Crippen LogP contribution in [-0.4, -0.2) is 39.0 Å². The van der Waals surface area contributed by atoms with E-state index >= 15 is 0 Å². The van der Waals surface area contributed by atoms with Crippen molar-refractivity contribution in [2.24, 2.45) is 5.92 Å². The van der Waals surface area contributed by atoms with Gasteiger partial charge in [0.15, 0.2) is 0 Å². The lowest BCUT2D eigenvalue weighted by Gasteiger charge is -2.07. The molecule has 0 N–H and O–H groups in total. The van der Waals surface area contributed by atoms with Crippen molar-refractivity contribution in [1.29, 1.82) is 0 Å². The normalized spacial score (nSPS) is 10.7. The number of hydrogen-bond acceptors (Lipinski definition) is 4. The molecule has 0 rings (SSSR count). The maximum atomic E-state index is 10.7. The van der Waals surface area contributed by atoms with Crippen LogP contribution in [0, 0.1) is 5.92 Å². The third-order valence-corrected chi connectivity index (χ3v) is 1.60. The third-order valence-electron chi connectivity index (χ3n) is 1.60. The minimum Gasteiger partial charge on any atom is -0.463 e. The molecule has 0 saturated carbocycles. The van der Waals surface area contributed by atoms with Gasteiger partial charge in [0, 0.05) is 13.0 Å². The second-order valence-electron chi connectivity index (χ2n) is 3.66. The van der Waals surface area contributed by atoms with Gasteiger partial charge >= 0.3 is 5.97 Å². The van der Waals surface area contributed by atoms with E-state index in [1.54, 1.807) is 6.92 Å². The standard InChI is InChI=1S/C11H22O4/c1-4-11(12)15-8-7-13-5-6-14-9-10(2)3/h10H,4-9H2,1-3H3. The number of esters is 1. The molecule has 0 heterocycles. The molecular formula is C11H22O4. The Kier molecular flexibility index (Phi) is 9.52. The van der Waals surface area contributed by atoms with Crippen LogP contribution in [0.2, 0.25) is 0 Å². The molecule has 0 bridgehead atoms. The zero-order valence-electron chi connectivity index (χ0n) is 9.95. The molecule has 0 aliphatic rings. The molecule has 0 radical (unpaired) electrons. The van der Waals surface area contributed by atoms with Gasteiger partial charge in [0.2, 0.25) is 0 Å². The van der Waals surface area contributed by atoms with Gasteiger partial charge in [-0.2, -0.15) is 0 Å². The second-order valence-corrected chi connectivity index (χ2v) is 3.66. The zero-order chi connectivity index (χ0) is 11.5. The maximum absolute atomic E-state index is 10.7. The Labute approximate surface area is 91.9 Å². The van der Waals surface area contributed by atoms with Crippen LogP contribution in [0.5, 0.6) is 0 Å². The molecule has 90 valence electrons. The Hall–Kier alpha value is -0.610. The van der Waals surface area contributed by atoms with Crippen molar-refractivity contribution in [2.45, 2.75) is 27.2 Å². The monoisotopic (exact) mass is 218 g/mol. The van der Waals surface area contributed by atoms with Crippen molar-refractivity contribution in [2.75, 3.05) is 33.0 Å². The van der Waals surface area contributed by atoms with Crippen LogP contribution >= 0.6 is 0 Å². The van der Waals surface area contributed by atoms with E-state index in [2.05, 4.69) is 13.8 Å². The predicted molar refractivity (Wildman–Crippen MR) is 57.7 cm³/mol. The van der Waals surface area contributed by atoms with Crippen molar-refractivity contribution in [3.8, 4) is 0 Å². The summed E-state index contributed by atoms with van der Waals surface area (Å²) >= 11 is 0. The largest absolute Gasteiger partial charge is 0.463 e. The van der Waals surface area contributed by atoms with Gasteiger partial charge in [0.1, 0.15) is 6.61 Å². The van der Waals surface area contributed by atoms with Crippen molar-refractivity contribution in [3.05, 3.63) is 0 Å². The number of ether oxygens (including phenoxy) is 3. The van der Waals surface area contributed by atoms with Crippen LogP contribution in [0.3, 0.4) is 0 Å². The second kappa shape index (κ2) is 9.93. The van der Waals surface area contributed by atoms with Gasteiger partial charge < -0.3 is 14.2 Å². The summed E-state index contributed by atoms with van der Waals surface area (Å²) in [4.78, 5) is 10.7. The van der Waals surface area contributed by atoms with Crippen molar-refractivity contribution in [3.63, 3.8) is 0 Å². The Bertz CT molecular complexity index is 157. The summed E-state index contributed by atoms with van der Waals surface area (Å²) in [5.74, 6) is 0.366. The van der Waals surface area contributed by atoms with Crippen LogP contribution in [0.4, 0.5) is 0 Å². The van der Waals surface area contributed by atoms with Crippen LogP contribution in [0.15, 0.2) is 0 Å². The molecule has 0 spiro atoms. The first-order chi connectivity index (χ1) is 7.16. The molecule has 4 nitrogen and oxygen atoms in total. The first kappa shape index (κ1) is 14.4. The molecule has 0 fully saturated rings. The average Bonchev–Trinajstić information content (AvgIpc) is 2.21. The van der Waals surface area contributed by atoms with Crippen molar-refractivity contribution in [1.82, 2.24) is 0 Å². The first-order valence-electron chi connectivity index (χ1n) is 5.48. The summed E-state index contributed by atoms with van der Waals surface area (Å²) in [6.45, 7) is 8.65. The summed E-state index contributed by atoms with van der Waals surface area (Å²) in [6, 6.07) is 0. The minimum absolute atomic E-state index is 0.186. The summed E-state index contributed by atoms with van der Waals surface area (Å²) in [5.41, 5.74) is 0. The van der Waals surface area contributed by atoms with E-state index < -0.39 is 0 Å². The van der Waals surface area contributed by atoms with Crippen molar-refractivity contribution < 1.29 is 19.0 Å². The molecule has 0 aliphatic heterocycles. The average molecular weight is 218 g/mol. The fraction of sp³-hybridized carbons (Fsp3) is 0.909. The molecule has 0 aromatic rings. The summed E-state index contributed by atoms with van der Waals surface area (Å²) < 4.78 is 15.4. The third kappa shape index (κ3) is 11.3. The Morgan fingerprint density at radius 2 is 1.67 bits per heavy atom. The highest BCUT2D eigenvalue weighted by atomic mass is 16.6. The van der Waals surface area contributed by atoms with E-state index in [0.717, 1.165) is 6.61 Å². The summed E-state index contributed by atoms with van der Waals surface area (Å²) in [6.07, 6.45) is 0.414. The minimum atomic E-state index is -0.186. The quantitative estimate of drug-likeness (QED) is 0.436. The smallest absolute Gasteiger partial charge is 0.305 e. The highest BCUT2D eigenvalue weighted by Crippen LogP contribution is 1.92. The van der Waals surface area contributed by atoms with E-state index in [-0.39, 0.29) is 5.97 Å². The lowest BCUT2D eigenvalue weighted by Crippen LogP contribution is -2.13.